The molecule has 1 fully saturated rings. The van der Waals surface area contributed by atoms with Crippen molar-refractivity contribution in [3.63, 3.8) is 0 Å². The Hall–Kier alpha value is -0.620. The maximum absolute atomic E-state index is 12.5. The molecule has 1 aromatic rings. The summed E-state index contributed by atoms with van der Waals surface area (Å²) in [6, 6.07) is 5.95. The molecule has 0 aromatic heterocycles. The first-order valence-corrected chi connectivity index (χ1v) is 7.95. The topological polar surface area (TPSA) is 46.3 Å². The van der Waals surface area contributed by atoms with Gasteiger partial charge in [0.15, 0.2) is 0 Å². The highest BCUT2D eigenvalue weighted by Gasteiger charge is 2.24. The molecule has 1 aliphatic rings. The minimum Gasteiger partial charge on any atom is -0.339 e. The zero-order chi connectivity index (χ0) is 13.8. The third-order valence-electron chi connectivity index (χ3n) is 3.90. The van der Waals surface area contributed by atoms with Crippen LogP contribution in [0.3, 0.4) is 0 Å². The first-order chi connectivity index (χ1) is 9.13. The van der Waals surface area contributed by atoms with Crippen molar-refractivity contribution in [3.05, 3.63) is 32.9 Å². The van der Waals surface area contributed by atoms with Crippen LogP contribution in [-0.4, -0.2) is 30.4 Å². The number of rotatable bonds is 3. The van der Waals surface area contributed by atoms with Crippen molar-refractivity contribution in [2.24, 2.45) is 11.7 Å². The van der Waals surface area contributed by atoms with Gasteiger partial charge < -0.3 is 10.6 Å². The largest absolute Gasteiger partial charge is 0.339 e. The number of carbonyl (C=O) groups is 1. The lowest BCUT2D eigenvalue weighted by Gasteiger charge is -2.32. The molecular weight excluding hydrogens is 351 g/mol. The van der Waals surface area contributed by atoms with Crippen molar-refractivity contribution >= 4 is 28.5 Å². The van der Waals surface area contributed by atoms with Crippen LogP contribution in [0.4, 0.5) is 0 Å². The van der Waals surface area contributed by atoms with E-state index in [1.807, 2.05) is 30.0 Å². The van der Waals surface area contributed by atoms with Gasteiger partial charge in [0.2, 0.25) is 0 Å². The number of carbonyl (C=O) groups excluding carboxylic acids is 1. The lowest BCUT2D eigenvalue weighted by atomic mass is 9.93. The number of nitrogens with two attached hydrogens (primary N) is 1. The average molecular weight is 372 g/mol. The Kier molecular flexibility index (Phi) is 5.21. The molecule has 0 aliphatic carbocycles. The number of benzene rings is 1. The summed E-state index contributed by atoms with van der Waals surface area (Å²) in [6.07, 6.45) is 3.26. The fraction of sp³-hybridized carbons (Fsp3) is 0.533. The zero-order valence-corrected chi connectivity index (χ0v) is 13.5. The average Bonchev–Trinajstić information content (AvgIpc) is 2.42. The van der Waals surface area contributed by atoms with Gasteiger partial charge in [0.1, 0.15) is 0 Å². The fourth-order valence-electron chi connectivity index (χ4n) is 2.64. The molecule has 0 bridgehead atoms. The van der Waals surface area contributed by atoms with Crippen LogP contribution in [0.25, 0.3) is 0 Å². The van der Waals surface area contributed by atoms with Crippen LogP contribution in [0.5, 0.6) is 0 Å². The number of hydrogen-bond acceptors (Lipinski definition) is 2. The Labute approximate surface area is 128 Å². The number of aryl methyl sites for hydroxylation is 1. The molecule has 104 valence electrons. The normalized spacial score (nSPS) is 16.7. The number of halogens is 1. The first-order valence-electron chi connectivity index (χ1n) is 6.88. The van der Waals surface area contributed by atoms with Gasteiger partial charge in [-0.2, -0.15) is 0 Å². The molecule has 1 heterocycles. The van der Waals surface area contributed by atoms with Gasteiger partial charge in [0, 0.05) is 16.7 Å². The van der Waals surface area contributed by atoms with Crippen LogP contribution in [0.1, 0.15) is 35.2 Å². The maximum atomic E-state index is 12.5. The molecule has 0 radical (unpaired) electrons. The van der Waals surface area contributed by atoms with Crippen molar-refractivity contribution in [1.82, 2.24) is 4.90 Å². The molecule has 1 aliphatic heterocycles. The molecular formula is C15H21IN2O. The van der Waals surface area contributed by atoms with Crippen LogP contribution in [0.15, 0.2) is 18.2 Å². The molecule has 1 aromatic carbocycles. The van der Waals surface area contributed by atoms with E-state index in [9.17, 15) is 4.79 Å². The second kappa shape index (κ2) is 6.70. The molecule has 1 saturated heterocycles. The summed E-state index contributed by atoms with van der Waals surface area (Å²) in [4.78, 5) is 14.5. The molecule has 2 N–H and O–H groups in total. The molecule has 1 amide bonds. The van der Waals surface area contributed by atoms with Crippen LogP contribution in [-0.2, 0) is 0 Å². The van der Waals surface area contributed by atoms with E-state index < -0.39 is 0 Å². The highest BCUT2D eigenvalue weighted by Crippen LogP contribution is 2.23. The number of piperidine rings is 1. The van der Waals surface area contributed by atoms with E-state index in [1.54, 1.807) is 0 Å². The number of amides is 1. The predicted molar refractivity (Wildman–Crippen MR) is 86.2 cm³/mol. The lowest BCUT2D eigenvalue weighted by molar-refractivity contribution is 0.0686. The van der Waals surface area contributed by atoms with Crippen molar-refractivity contribution < 1.29 is 4.79 Å². The van der Waals surface area contributed by atoms with E-state index in [2.05, 4.69) is 22.6 Å². The van der Waals surface area contributed by atoms with Gasteiger partial charge in [-0.25, -0.2) is 0 Å². The second-order valence-electron chi connectivity index (χ2n) is 5.25. The number of nitrogens with zero attached hydrogens (tertiary/aromatic N) is 1. The first kappa shape index (κ1) is 14.8. The quantitative estimate of drug-likeness (QED) is 0.830. The monoisotopic (exact) mass is 372 g/mol. The third-order valence-corrected chi connectivity index (χ3v) is 5.33. The summed E-state index contributed by atoms with van der Waals surface area (Å²) in [5, 5.41) is 0. The van der Waals surface area contributed by atoms with E-state index >= 15 is 0 Å². The van der Waals surface area contributed by atoms with Gasteiger partial charge in [-0.05, 0) is 72.9 Å². The highest BCUT2D eigenvalue weighted by atomic mass is 127. The van der Waals surface area contributed by atoms with Crippen molar-refractivity contribution in [1.29, 1.82) is 0 Å². The predicted octanol–water partition coefficient (Wildman–Crippen LogP) is 2.80. The highest BCUT2D eigenvalue weighted by molar-refractivity contribution is 14.1. The Morgan fingerprint density at radius 2 is 2.11 bits per heavy atom. The van der Waals surface area contributed by atoms with Crippen molar-refractivity contribution in [2.45, 2.75) is 26.2 Å². The SMILES string of the molecule is Cc1cccc(C(=O)N2CCC(CCN)CC2)c1I. The summed E-state index contributed by atoms with van der Waals surface area (Å²) in [5.41, 5.74) is 7.62. The van der Waals surface area contributed by atoms with Gasteiger partial charge in [0.05, 0.1) is 5.56 Å². The third kappa shape index (κ3) is 3.48. The molecule has 2 rings (SSSR count). The Bertz CT molecular complexity index is 453. The summed E-state index contributed by atoms with van der Waals surface area (Å²) in [6.45, 7) is 4.54. The van der Waals surface area contributed by atoms with Crippen LogP contribution in [0, 0.1) is 16.4 Å². The zero-order valence-electron chi connectivity index (χ0n) is 11.4. The Morgan fingerprint density at radius 3 is 2.74 bits per heavy atom. The van der Waals surface area contributed by atoms with Crippen molar-refractivity contribution in [3.8, 4) is 0 Å². The molecule has 19 heavy (non-hydrogen) atoms. The summed E-state index contributed by atoms with van der Waals surface area (Å²) < 4.78 is 1.08. The molecule has 0 atom stereocenters. The van der Waals surface area contributed by atoms with Gasteiger partial charge in [-0.15, -0.1) is 0 Å². The van der Waals surface area contributed by atoms with Crippen LogP contribution >= 0.6 is 22.6 Å². The lowest BCUT2D eigenvalue weighted by Crippen LogP contribution is -2.39. The van der Waals surface area contributed by atoms with Gasteiger partial charge in [-0.3, -0.25) is 4.79 Å². The van der Waals surface area contributed by atoms with Gasteiger partial charge in [-0.1, -0.05) is 12.1 Å². The summed E-state index contributed by atoms with van der Waals surface area (Å²) in [7, 11) is 0. The maximum Gasteiger partial charge on any atom is 0.254 e. The van der Waals surface area contributed by atoms with Gasteiger partial charge in [0.25, 0.3) is 5.91 Å². The standard InChI is InChI=1S/C15H21IN2O/c1-11-3-2-4-13(14(11)16)15(19)18-9-6-12(5-8-17)7-10-18/h2-4,12H,5-10,17H2,1H3. The van der Waals surface area contributed by atoms with E-state index in [0.29, 0.717) is 5.92 Å². The van der Waals surface area contributed by atoms with E-state index in [1.165, 1.54) is 5.56 Å². The van der Waals surface area contributed by atoms with Crippen LogP contribution < -0.4 is 5.73 Å². The number of hydrogen-bond donors (Lipinski definition) is 1. The van der Waals surface area contributed by atoms with E-state index in [0.717, 1.165) is 48.0 Å². The summed E-state index contributed by atoms with van der Waals surface area (Å²) in [5.74, 6) is 0.880. The molecule has 3 nitrogen and oxygen atoms in total. The fourth-order valence-corrected chi connectivity index (χ4v) is 3.23. The smallest absolute Gasteiger partial charge is 0.254 e. The minimum atomic E-state index is 0.180. The molecule has 4 heteroatoms. The van der Waals surface area contributed by atoms with E-state index in [4.69, 9.17) is 5.73 Å². The van der Waals surface area contributed by atoms with E-state index in [-0.39, 0.29) is 5.91 Å². The van der Waals surface area contributed by atoms with Crippen molar-refractivity contribution in [2.75, 3.05) is 19.6 Å². The Morgan fingerprint density at radius 1 is 1.42 bits per heavy atom. The number of likely N-dealkylation sites (tertiary alicyclic amines) is 1. The Balaban J connectivity index is 2.03. The molecule has 0 saturated carbocycles. The second-order valence-corrected chi connectivity index (χ2v) is 6.33. The molecule has 0 spiro atoms. The van der Waals surface area contributed by atoms with Gasteiger partial charge >= 0.3 is 0 Å². The summed E-state index contributed by atoms with van der Waals surface area (Å²) >= 11 is 2.27. The van der Waals surface area contributed by atoms with Crippen LogP contribution in [0.2, 0.25) is 0 Å². The minimum absolute atomic E-state index is 0.180. The molecule has 0 unspecified atom stereocenters.